The number of hydrogen-bond acceptors (Lipinski definition) is 1. The van der Waals surface area contributed by atoms with Gasteiger partial charge in [-0.2, -0.15) is 0 Å². The summed E-state index contributed by atoms with van der Waals surface area (Å²) in [4.78, 5) is 11.3. The van der Waals surface area contributed by atoms with E-state index in [4.69, 9.17) is 0 Å². The molecule has 1 N–H and O–H groups in total. The molecule has 0 saturated carbocycles. The molecule has 0 fully saturated rings. The standard InChI is InChI=1S/C11H11NO/c13-10-6-8-5-4-7-2-1-3-9(12-10)11(7)8/h1-3,8H,4-6H2,(H,12,13)/t8-/m0/s1. The lowest BCUT2D eigenvalue weighted by Crippen LogP contribution is -2.21. The maximum Gasteiger partial charge on any atom is 0.224 e. The van der Waals surface area contributed by atoms with Gasteiger partial charge in [0.15, 0.2) is 0 Å². The van der Waals surface area contributed by atoms with E-state index in [0.29, 0.717) is 12.3 Å². The van der Waals surface area contributed by atoms with Gasteiger partial charge in [0.25, 0.3) is 0 Å². The highest BCUT2D eigenvalue weighted by Gasteiger charge is 2.31. The molecule has 1 amide bonds. The SMILES string of the molecule is O=C1C[C@@H]2CCc3cccc(c32)N1. The van der Waals surface area contributed by atoms with Gasteiger partial charge < -0.3 is 5.32 Å². The van der Waals surface area contributed by atoms with Crippen LogP contribution >= 0.6 is 0 Å². The van der Waals surface area contributed by atoms with Gasteiger partial charge in [-0.05, 0) is 36.0 Å². The summed E-state index contributed by atoms with van der Waals surface area (Å²) in [5.41, 5.74) is 3.89. The molecule has 0 bridgehead atoms. The lowest BCUT2D eigenvalue weighted by molar-refractivity contribution is -0.116. The number of benzene rings is 1. The number of anilines is 1. The van der Waals surface area contributed by atoms with Crippen LogP contribution in [-0.4, -0.2) is 5.91 Å². The minimum atomic E-state index is 0.177. The van der Waals surface area contributed by atoms with Crippen LogP contribution in [0.3, 0.4) is 0 Å². The molecular formula is C11H11NO. The summed E-state index contributed by atoms with van der Waals surface area (Å²) in [6.45, 7) is 0. The van der Waals surface area contributed by atoms with E-state index in [-0.39, 0.29) is 5.91 Å². The predicted molar refractivity (Wildman–Crippen MR) is 50.8 cm³/mol. The number of amides is 1. The highest BCUT2D eigenvalue weighted by Crippen LogP contribution is 2.42. The van der Waals surface area contributed by atoms with E-state index in [0.717, 1.165) is 18.5 Å². The first-order valence-electron chi connectivity index (χ1n) is 4.76. The molecule has 66 valence electrons. The molecule has 1 aliphatic heterocycles. The molecule has 2 nitrogen and oxygen atoms in total. The molecule has 13 heavy (non-hydrogen) atoms. The van der Waals surface area contributed by atoms with Gasteiger partial charge in [-0.1, -0.05) is 12.1 Å². The molecule has 1 aliphatic carbocycles. The first-order chi connectivity index (χ1) is 6.34. The predicted octanol–water partition coefficient (Wildman–Crippen LogP) is 2.06. The summed E-state index contributed by atoms with van der Waals surface area (Å²) >= 11 is 0. The van der Waals surface area contributed by atoms with Gasteiger partial charge >= 0.3 is 0 Å². The van der Waals surface area contributed by atoms with E-state index >= 15 is 0 Å². The summed E-state index contributed by atoms with van der Waals surface area (Å²) < 4.78 is 0. The third-order valence-electron chi connectivity index (χ3n) is 3.07. The topological polar surface area (TPSA) is 29.1 Å². The number of nitrogens with one attached hydrogen (secondary N) is 1. The highest BCUT2D eigenvalue weighted by molar-refractivity contribution is 5.95. The zero-order chi connectivity index (χ0) is 8.84. The molecule has 0 saturated heterocycles. The first-order valence-corrected chi connectivity index (χ1v) is 4.76. The Morgan fingerprint density at radius 2 is 2.31 bits per heavy atom. The summed E-state index contributed by atoms with van der Waals surface area (Å²) in [6, 6.07) is 6.21. The Balaban J connectivity index is 2.22. The zero-order valence-corrected chi connectivity index (χ0v) is 7.34. The molecule has 1 aromatic carbocycles. The fourth-order valence-electron chi connectivity index (χ4n) is 2.53. The van der Waals surface area contributed by atoms with Crippen molar-refractivity contribution in [3.63, 3.8) is 0 Å². The van der Waals surface area contributed by atoms with Crippen LogP contribution in [0.2, 0.25) is 0 Å². The van der Waals surface area contributed by atoms with Crippen molar-refractivity contribution < 1.29 is 4.79 Å². The molecule has 0 radical (unpaired) electrons. The maximum absolute atomic E-state index is 11.3. The Bertz CT molecular complexity index is 384. The largest absolute Gasteiger partial charge is 0.326 e. The highest BCUT2D eigenvalue weighted by atomic mass is 16.1. The van der Waals surface area contributed by atoms with Crippen molar-refractivity contribution in [1.29, 1.82) is 0 Å². The van der Waals surface area contributed by atoms with Crippen LogP contribution in [0.25, 0.3) is 0 Å². The van der Waals surface area contributed by atoms with Crippen LogP contribution in [0.5, 0.6) is 0 Å². The van der Waals surface area contributed by atoms with Crippen molar-refractivity contribution in [2.45, 2.75) is 25.2 Å². The van der Waals surface area contributed by atoms with Gasteiger partial charge in [0.2, 0.25) is 5.91 Å². The molecule has 0 unspecified atom stereocenters. The van der Waals surface area contributed by atoms with Gasteiger partial charge in [-0.25, -0.2) is 0 Å². The van der Waals surface area contributed by atoms with Crippen LogP contribution in [0.4, 0.5) is 5.69 Å². The molecule has 1 heterocycles. The maximum atomic E-state index is 11.3. The Kier molecular flexibility index (Phi) is 1.29. The zero-order valence-electron chi connectivity index (χ0n) is 7.34. The molecule has 3 rings (SSSR count). The smallest absolute Gasteiger partial charge is 0.224 e. The van der Waals surface area contributed by atoms with E-state index in [1.165, 1.54) is 11.1 Å². The molecule has 2 aliphatic rings. The molecule has 0 spiro atoms. The summed E-state index contributed by atoms with van der Waals surface area (Å²) in [5.74, 6) is 0.677. The van der Waals surface area contributed by atoms with Crippen molar-refractivity contribution in [3.05, 3.63) is 29.3 Å². The lowest BCUT2D eigenvalue weighted by Gasteiger charge is -2.21. The Hall–Kier alpha value is -1.31. The molecule has 2 heteroatoms. The Labute approximate surface area is 77.0 Å². The fraction of sp³-hybridized carbons (Fsp3) is 0.364. The fourth-order valence-corrected chi connectivity index (χ4v) is 2.53. The number of aryl methyl sites for hydroxylation is 1. The van der Waals surface area contributed by atoms with Crippen LogP contribution in [0, 0.1) is 0 Å². The normalized spacial score (nSPS) is 24.0. The number of hydrogen-bond donors (Lipinski definition) is 1. The quantitative estimate of drug-likeness (QED) is 0.639. The molecule has 0 aromatic heterocycles. The van der Waals surface area contributed by atoms with Gasteiger partial charge in [-0.15, -0.1) is 0 Å². The monoisotopic (exact) mass is 173 g/mol. The average Bonchev–Trinajstić information content (AvgIpc) is 2.50. The first kappa shape index (κ1) is 7.13. The minimum Gasteiger partial charge on any atom is -0.326 e. The summed E-state index contributed by atoms with van der Waals surface area (Å²) in [6.07, 6.45) is 2.98. The summed E-state index contributed by atoms with van der Waals surface area (Å²) in [5, 5.41) is 2.93. The van der Waals surface area contributed by atoms with E-state index in [2.05, 4.69) is 11.4 Å². The average molecular weight is 173 g/mol. The molecular weight excluding hydrogens is 162 g/mol. The van der Waals surface area contributed by atoms with E-state index in [1.54, 1.807) is 0 Å². The van der Waals surface area contributed by atoms with Crippen molar-refractivity contribution in [3.8, 4) is 0 Å². The third kappa shape index (κ3) is 0.916. The molecule has 1 atom stereocenters. The lowest BCUT2D eigenvalue weighted by atomic mass is 9.92. The van der Waals surface area contributed by atoms with Crippen LogP contribution in [-0.2, 0) is 11.2 Å². The van der Waals surface area contributed by atoms with Crippen molar-refractivity contribution in [2.75, 3.05) is 5.32 Å². The van der Waals surface area contributed by atoms with Crippen molar-refractivity contribution in [1.82, 2.24) is 0 Å². The number of carbonyl (C=O) groups is 1. The minimum absolute atomic E-state index is 0.177. The summed E-state index contributed by atoms with van der Waals surface area (Å²) in [7, 11) is 0. The van der Waals surface area contributed by atoms with E-state index in [9.17, 15) is 4.79 Å². The third-order valence-corrected chi connectivity index (χ3v) is 3.07. The second kappa shape index (κ2) is 2.34. The number of rotatable bonds is 0. The van der Waals surface area contributed by atoms with Crippen LogP contribution in [0.1, 0.15) is 29.9 Å². The van der Waals surface area contributed by atoms with Gasteiger partial charge in [0, 0.05) is 12.1 Å². The number of carbonyl (C=O) groups excluding carboxylic acids is 1. The second-order valence-corrected chi connectivity index (χ2v) is 3.87. The van der Waals surface area contributed by atoms with Crippen molar-refractivity contribution >= 4 is 11.6 Å². The van der Waals surface area contributed by atoms with Gasteiger partial charge in [0.05, 0.1) is 0 Å². The van der Waals surface area contributed by atoms with E-state index < -0.39 is 0 Å². The van der Waals surface area contributed by atoms with Crippen LogP contribution in [0.15, 0.2) is 18.2 Å². The Morgan fingerprint density at radius 3 is 3.23 bits per heavy atom. The van der Waals surface area contributed by atoms with Gasteiger partial charge in [0.1, 0.15) is 0 Å². The molecule has 1 aromatic rings. The van der Waals surface area contributed by atoms with Crippen molar-refractivity contribution in [2.24, 2.45) is 0 Å². The second-order valence-electron chi connectivity index (χ2n) is 3.87. The van der Waals surface area contributed by atoms with E-state index in [1.807, 2.05) is 12.1 Å². The van der Waals surface area contributed by atoms with Gasteiger partial charge in [-0.3, -0.25) is 4.79 Å². The Morgan fingerprint density at radius 1 is 1.38 bits per heavy atom. The van der Waals surface area contributed by atoms with Crippen LogP contribution < -0.4 is 5.32 Å².